The molecule has 0 aromatic carbocycles. The molecule has 1 aromatic heterocycles. The fourth-order valence-corrected chi connectivity index (χ4v) is 1.15. The number of hydrogen-bond donors (Lipinski definition) is 2. The molecule has 0 aliphatic rings. The van der Waals surface area contributed by atoms with Crippen molar-refractivity contribution in [3.05, 3.63) is 18.1 Å². The SMILES string of the molecule is CC(C)(C)OCCOc1ncncc1C(N)=NO. The minimum atomic E-state index is -0.219. The second kappa shape index (κ2) is 6.15. The summed E-state index contributed by atoms with van der Waals surface area (Å²) in [6.45, 7) is 6.61. The zero-order chi connectivity index (χ0) is 13.6. The Bertz CT molecular complexity index is 415. The lowest BCUT2D eigenvalue weighted by atomic mass is 10.2. The molecule has 0 atom stereocenters. The molecule has 0 spiro atoms. The molecule has 7 heteroatoms. The standard InChI is InChI=1S/C11H18N4O3/c1-11(2,3)18-5-4-17-10-8(9(12)15-16)6-13-7-14-10/h6-7,16H,4-5H2,1-3H3,(H2,12,15). The van der Waals surface area contributed by atoms with E-state index in [1.807, 2.05) is 20.8 Å². The molecule has 7 nitrogen and oxygen atoms in total. The van der Waals surface area contributed by atoms with Crippen molar-refractivity contribution in [2.75, 3.05) is 13.2 Å². The van der Waals surface area contributed by atoms with Crippen LogP contribution < -0.4 is 10.5 Å². The van der Waals surface area contributed by atoms with E-state index in [1.54, 1.807) is 0 Å². The predicted octanol–water partition coefficient (Wildman–Crippen LogP) is 0.765. The monoisotopic (exact) mass is 254 g/mol. The fraction of sp³-hybridized carbons (Fsp3) is 0.545. The van der Waals surface area contributed by atoms with Gasteiger partial charge in [-0.25, -0.2) is 9.97 Å². The average Bonchev–Trinajstić information content (AvgIpc) is 2.33. The molecule has 0 radical (unpaired) electrons. The first-order chi connectivity index (χ1) is 8.44. The lowest BCUT2D eigenvalue weighted by Crippen LogP contribution is -2.23. The summed E-state index contributed by atoms with van der Waals surface area (Å²) in [6, 6.07) is 0. The summed E-state index contributed by atoms with van der Waals surface area (Å²) in [5.41, 5.74) is 5.60. The summed E-state index contributed by atoms with van der Waals surface area (Å²) in [5, 5.41) is 11.5. The van der Waals surface area contributed by atoms with E-state index in [4.69, 9.17) is 20.4 Å². The van der Waals surface area contributed by atoms with Crippen LogP contribution in [-0.4, -0.2) is 39.8 Å². The molecule has 1 rings (SSSR count). The Kier molecular flexibility index (Phi) is 4.85. The third kappa shape index (κ3) is 4.54. The Labute approximate surface area is 106 Å². The lowest BCUT2D eigenvalue weighted by molar-refractivity contribution is -0.0168. The molecule has 3 N–H and O–H groups in total. The Hall–Kier alpha value is -1.89. The maximum atomic E-state index is 8.62. The normalized spacial score (nSPS) is 12.5. The van der Waals surface area contributed by atoms with Gasteiger partial charge >= 0.3 is 0 Å². The second-order valence-electron chi connectivity index (χ2n) is 4.54. The highest BCUT2D eigenvalue weighted by atomic mass is 16.5. The summed E-state index contributed by atoms with van der Waals surface area (Å²) in [4.78, 5) is 7.71. The van der Waals surface area contributed by atoms with Gasteiger partial charge in [-0.3, -0.25) is 0 Å². The summed E-state index contributed by atoms with van der Waals surface area (Å²) in [7, 11) is 0. The highest BCUT2D eigenvalue weighted by Gasteiger charge is 2.12. The zero-order valence-electron chi connectivity index (χ0n) is 10.8. The molecular weight excluding hydrogens is 236 g/mol. The van der Waals surface area contributed by atoms with Gasteiger partial charge in [0.15, 0.2) is 5.84 Å². The number of oxime groups is 1. The first-order valence-electron chi connectivity index (χ1n) is 5.48. The molecule has 0 aliphatic carbocycles. The van der Waals surface area contributed by atoms with Gasteiger partial charge in [-0.05, 0) is 20.8 Å². The molecule has 0 saturated heterocycles. The molecule has 0 unspecified atom stereocenters. The topological polar surface area (TPSA) is 103 Å². The van der Waals surface area contributed by atoms with E-state index in [0.717, 1.165) is 0 Å². The maximum absolute atomic E-state index is 8.62. The lowest BCUT2D eigenvalue weighted by Gasteiger charge is -2.19. The Morgan fingerprint density at radius 1 is 1.44 bits per heavy atom. The molecule has 0 aliphatic heterocycles. The highest BCUT2D eigenvalue weighted by Crippen LogP contribution is 2.13. The van der Waals surface area contributed by atoms with E-state index in [-0.39, 0.29) is 17.3 Å². The van der Waals surface area contributed by atoms with Gasteiger partial charge < -0.3 is 20.4 Å². The minimum Gasteiger partial charge on any atom is -0.475 e. The molecule has 0 saturated carbocycles. The minimum absolute atomic E-state index is 0.0951. The fourth-order valence-electron chi connectivity index (χ4n) is 1.15. The van der Waals surface area contributed by atoms with E-state index in [0.29, 0.717) is 18.8 Å². The summed E-state index contributed by atoms with van der Waals surface area (Å²) in [5.74, 6) is 0.167. The quantitative estimate of drug-likeness (QED) is 0.264. The van der Waals surface area contributed by atoms with Crippen molar-refractivity contribution >= 4 is 5.84 Å². The number of rotatable bonds is 5. The number of nitrogens with two attached hydrogens (primary N) is 1. The number of amidine groups is 1. The van der Waals surface area contributed by atoms with Gasteiger partial charge in [0.2, 0.25) is 5.88 Å². The van der Waals surface area contributed by atoms with Crippen LogP contribution in [0, 0.1) is 0 Å². The van der Waals surface area contributed by atoms with Crippen molar-refractivity contribution in [1.29, 1.82) is 0 Å². The van der Waals surface area contributed by atoms with Crippen molar-refractivity contribution in [2.45, 2.75) is 26.4 Å². The van der Waals surface area contributed by atoms with Crippen LogP contribution in [-0.2, 0) is 4.74 Å². The number of ether oxygens (including phenoxy) is 2. The van der Waals surface area contributed by atoms with Gasteiger partial charge in [-0.15, -0.1) is 0 Å². The van der Waals surface area contributed by atoms with Crippen LogP contribution in [0.15, 0.2) is 17.7 Å². The van der Waals surface area contributed by atoms with Crippen LogP contribution in [0.1, 0.15) is 26.3 Å². The van der Waals surface area contributed by atoms with Crippen molar-refractivity contribution in [3.63, 3.8) is 0 Å². The van der Waals surface area contributed by atoms with E-state index in [2.05, 4.69) is 15.1 Å². The smallest absolute Gasteiger partial charge is 0.227 e. The maximum Gasteiger partial charge on any atom is 0.227 e. The van der Waals surface area contributed by atoms with Gasteiger partial charge in [0.05, 0.1) is 12.2 Å². The van der Waals surface area contributed by atoms with Gasteiger partial charge in [-0.1, -0.05) is 5.16 Å². The van der Waals surface area contributed by atoms with E-state index in [9.17, 15) is 0 Å². The number of nitrogens with zero attached hydrogens (tertiary/aromatic N) is 3. The van der Waals surface area contributed by atoms with Gasteiger partial charge in [0.1, 0.15) is 18.5 Å². The van der Waals surface area contributed by atoms with E-state index < -0.39 is 0 Å². The molecule has 1 aromatic rings. The zero-order valence-corrected chi connectivity index (χ0v) is 10.8. The largest absolute Gasteiger partial charge is 0.475 e. The van der Waals surface area contributed by atoms with Gasteiger partial charge in [-0.2, -0.15) is 0 Å². The van der Waals surface area contributed by atoms with E-state index in [1.165, 1.54) is 12.5 Å². The summed E-state index contributed by atoms with van der Waals surface area (Å²) >= 11 is 0. The molecule has 0 fully saturated rings. The van der Waals surface area contributed by atoms with Crippen LogP contribution in [0.4, 0.5) is 0 Å². The summed E-state index contributed by atoms with van der Waals surface area (Å²) in [6.07, 6.45) is 2.75. The first kappa shape index (κ1) is 14.2. The van der Waals surface area contributed by atoms with Crippen LogP contribution in [0.5, 0.6) is 5.88 Å². The summed E-state index contributed by atoms with van der Waals surface area (Å²) < 4.78 is 10.9. The van der Waals surface area contributed by atoms with Gasteiger partial charge in [0, 0.05) is 6.20 Å². The van der Waals surface area contributed by atoms with Crippen LogP contribution in [0.3, 0.4) is 0 Å². The molecular formula is C11H18N4O3. The van der Waals surface area contributed by atoms with Crippen molar-refractivity contribution in [2.24, 2.45) is 10.9 Å². The number of hydrogen-bond acceptors (Lipinski definition) is 6. The Morgan fingerprint density at radius 3 is 2.78 bits per heavy atom. The van der Waals surface area contributed by atoms with Crippen LogP contribution in [0.25, 0.3) is 0 Å². The predicted molar refractivity (Wildman–Crippen MR) is 65.7 cm³/mol. The molecule has 0 amide bonds. The third-order valence-electron chi connectivity index (χ3n) is 1.92. The Balaban J connectivity index is 2.57. The van der Waals surface area contributed by atoms with Gasteiger partial charge in [0.25, 0.3) is 0 Å². The van der Waals surface area contributed by atoms with Crippen molar-refractivity contribution in [3.8, 4) is 5.88 Å². The number of aromatic nitrogens is 2. The molecule has 100 valence electrons. The average molecular weight is 254 g/mol. The van der Waals surface area contributed by atoms with Crippen molar-refractivity contribution in [1.82, 2.24) is 9.97 Å². The van der Waals surface area contributed by atoms with Crippen LogP contribution in [0.2, 0.25) is 0 Å². The first-order valence-corrected chi connectivity index (χ1v) is 5.48. The van der Waals surface area contributed by atoms with E-state index >= 15 is 0 Å². The second-order valence-corrected chi connectivity index (χ2v) is 4.54. The highest BCUT2D eigenvalue weighted by molar-refractivity contribution is 5.98. The van der Waals surface area contributed by atoms with Crippen molar-refractivity contribution < 1.29 is 14.7 Å². The third-order valence-corrected chi connectivity index (χ3v) is 1.92. The van der Waals surface area contributed by atoms with Crippen LogP contribution >= 0.6 is 0 Å². The molecule has 18 heavy (non-hydrogen) atoms. The Morgan fingerprint density at radius 2 is 2.17 bits per heavy atom. The molecule has 1 heterocycles. The molecule has 0 bridgehead atoms.